The lowest BCUT2D eigenvalue weighted by Gasteiger charge is -2.01. The Hall–Kier alpha value is -0.610. The predicted molar refractivity (Wildman–Crippen MR) is 46.1 cm³/mol. The molecule has 0 spiro atoms. The fourth-order valence-corrected chi connectivity index (χ4v) is 1.59. The Morgan fingerprint density at radius 2 is 2.17 bits per heavy atom. The molecule has 0 aliphatic rings. The van der Waals surface area contributed by atoms with E-state index >= 15 is 0 Å². The number of hydrogen-bond acceptors (Lipinski definition) is 1. The monoisotopic (exact) mass is 252 g/mol. The summed E-state index contributed by atoms with van der Waals surface area (Å²) in [4.78, 5) is 10.5. The Kier molecular flexibility index (Phi) is 2.69. The number of halogens is 3. The maximum absolute atomic E-state index is 12.8. The number of rotatable bonds is 1. The van der Waals surface area contributed by atoms with Gasteiger partial charge < -0.3 is 5.11 Å². The smallest absolute Gasteiger partial charge is 0.338 e. The summed E-state index contributed by atoms with van der Waals surface area (Å²) < 4.78 is 12.6. The summed E-state index contributed by atoms with van der Waals surface area (Å²) in [6.45, 7) is 0. The second-order valence-electron chi connectivity index (χ2n) is 2.02. The van der Waals surface area contributed by atoms with Crippen LogP contribution in [0.2, 0.25) is 5.02 Å². The third-order valence-electron chi connectivity index (χ3n) is 1.26. The fourth-order valence-electron chi connectivity index (χ4n) is 0.723. The second-order valence-corrected chi connectivity index (χ2v) is 3.22. The molecule has 0 amide bonds. The van der Waals surface area contributed by atoms with Gasteiger partial charge in [-0.3, -0.25) is 0 Å². The van der Waals surface area contributed by atoms with Crippen molar-refractivity contribution in [2.24, 2.45) is 0 Å². The van der Waals surface area contributed by atoms with E-state index in [1.807, 2.05) is 0 Å². The summed E-state index contributed by atoms with van der Waals surface area (Å²) in [5.41, 5.74) is -0.253. The number of aromatic carboxylic acids is 1. The summed E-state index contributed by atoms with van der Waals surface area (Å²) in [5.74, 6) is -1.90. The first-order valence-corrected chi connectivity index (χ1v) is 4.08. The fraction of sp³-hybridized carbons (Fsp3) is 0. The van der Waals surface area contributed by atoms with Gasteiger partial charge in [-0.1, -0.05) is 11.6 Å². The van der Waals surface area contributed by atoms with E-state index in [2.05, 4.69) is 15.9 Å². The van der Waals surface area contributed by atoms with Gasteiger partial charge in [-0.15, -0.1) is 0 Å². The molecule has 0 bridgehead atoms. The van der Waals surface area contributed by atoms with Gasteiger partial charge in [0, 0.05) is 0 Å². The Labute approximate surface area is 81.1 Å². The molecule has 64 valence electrons. The van der Waals surface area contributed by atoms with Crippen LogP contribution in [0.3, 0.4) is 0 Å². The maximum Gasteiger partial charge on any atom is 0.338 e. The van der Waals surface area contributed by atoms with Gasteiger partial charge >= 0.3 is 5.97 Å². The highest BCUT2D eigenvalue weighted by Gasteiger charge is 2.15. The third-order valence-corrected chi connectivity index (χ3v) is 2.35. The minimum atomic E-state index is -1.26. The Morgan fingerprint density at radius 1 is 1.58 bits per heavy atom. The summed E-state index contributed by atoms with van der Waals surface area (Å²) in [7, 11) is 0. The van der Waals surface area contributed by atoms with Gasteiger partial charge in [0.25, 0.3) is 0 Å². The van der Waals surface area contributed by atoms with E-state index in [9.17, 15) is 9.18 Å². The van der Waals surface area contributed by atoms with Crippen molar-refractivity contribution < 1.29 is 14.3 Å². The van der Waals surface area contributed by atoms with Crippen LogP contribution in [0.25, 0.3) is 0 Å². The van der Waals surface area contributed by atoms with Crippen molar-refractivity contribution in [3.8, 4) is 0 Å². The van der Waals surface area contributed by atoms with Crippen molar-refractivity contribution in [2.75, 3.05) is 0 Å². The van der Waals surface area contributed by atoms with Crippen LogP contribution in [0.1, 0.15) is 10.4 Å². The zero-order valence-corrected chi connectivity index (χ0v) is 7.99. The van der Waals surface area contributed by atoms with Crippen molar-refractivity contribution in [3.05, 3.63) is 33.0 Å². The number of carboxylic acid groups (broad SMARTS) is 1. The number of carbonyl (C=O) groups is 1. The van der Waals surface area contributed by atoms with E-state index in [0.717, 1.165) is 6.07 Å². The van der Waals surface area contributed by atoms with Crippen LogP contribution >= 0.6 is 27.5 Å². The van der Waals surface area contributed by atoms with Crippen LogP contribution in [0.15, 0.2) is 16.6 Å². The molecule has 0 atom stereocenters. The van der Waals surface area contributed by atoms with Gasteiger partial charge in [0.1, 0.15) is 5.82 Å². The second kappa shape index (κ2) is 3.41. The van der Waals surface area contributed by atoms with Crippen LogP contribution in [0.4, 0.5) is 4.39 Å². The molecule has 1 aromatic rings. The van der Waals surface area contributed by atoms with E-state index < -0.39 is 11.8 Å². The standard InChI is InChI=1S/C7H3BrClFO2/c8-6-4(10)2-1-3(9)5(6)7(11)12/h1-2H,(H,11,12). The molecule has 0 radical (unpaired) electrons. The highest BCUT2D eigenvalue weighted by molar-refractivity contribution is 9.10. The molecule has 0 saturated heterocycles. The van der Waals surface area contributed by atoms with E-state index in [1.54, 1.807) is 0 Å². The molecule has 0 fully saturated rings. The lowest BCUT2D eigenvalue weighted by Crippen LogP contribution is -2.00. The quantitative estimate of drug-likeness (QED) is 0.781. The average molecular weight is 253 g/mol. The van der Waals surface area contributed by atoms with Crippen molar-refractivity contribution >= 4 is 33.5 Å². The molecule has 0 aliphatic carbocycles. The molecule has 2 nitrogen and oxygen atoms in total. The zero-order valence-electron chi connectivity index (χ0n) is 5.64. The number of benzene rings is 1. The molecular formula is C7H3BrClFO2. The molecule has 12 heavy (non-hydrogen) atoms. The van der Waals surface area contributed by atoms with Crippen LogP contribution in [0.5, 0.6) is 0 Å². The third kappa shape index (κ3) is 1.59. The lowest BCUT2D eigenvalue weighted by molar-refractivity contribution is 0.0695. The minimum Gasteiger partial charge on any atom is -0.478 e. The molecule has 0 heterocycles. The van der Waals surface area contributed by atoms with Crippen molar-refractivity contribution in [1.29, 1.82) is 0 Å². The van der Waals surface area contributed by atoms with Gasteiger partial charge in [0.15, 0.2) is 0 Å². The number of carboxylic acids is 1. The molecule has 5 heteroatoms. The first-order chi connectivity index (χ1) is 5.54. The van der Waals surface area contributed by atoms with Crippen molar-refractivity contribution in [3.63, 3.8) is 0 Å². The molecule has 1 rings (SSSR count). The lowest BCUT2D eigenvalue weighted by atomic mass is 10.2. The first-order valence-electron chi connectivity index (χ1n) is 2.91. The Morgan fingerprint density at radius 3 is 2.58 bits per heavy atom. The van der Waals surface area contributed by atoms with Gasteiger partial charge in [-0.05, 0) is 28.1 Å². The summed E-state index contributed by atoms with van der Waals surface area (Å²) in [6, 6.07) is 2.30. The highest BCUT2D eigenvalue weighted by atomic mass is 79.9. The van der Waals surface area contributed by atoms with Crippen LogP contribution in [-0.4, -0.2) is 11.1 Å². The van der Waals surface area contributed by atoms with Crippen molar-refractivity contribution in [1.82, 2.24) is 0 Å². The van der Waals surface area contributed by atoms with Gasteiger partial charge in [0.05, 0.1) is 15.1 Å². The largest absolute Gasteiger partial charge is 0.478 e. The van der Waals surface area contributed by atoms with E-state index in [1.165, 1.54) is 6.07 Å². The molecule has 0 aromatic heterocycles. The molecule has 0 saturated carbocycles. The van der Waals surface area contributed by atoms with Crippen molar-refractivity contribution in [2.45, 2.75) is 0 Å². The Bertz CT molecular complexity index is 340. The molecule has 0 unspecified atom stereocenters. The molecule has 0 aliphatic heterocycles. The summed E-state index contributed by atoms with van der Waals surface area (Å²) >= 11 is 8.31. The highest BCUT2D eigenvalue weighted by Crippen LogP contribution is 2.27. The normalized spacial score (nSPS) is 9.92. The Balaban J connectivity index is 3.43. The number of hydrogen-bond donors (Lipinski definition) is 1. The molecule has 1 aromatic carbocycles. The summed E-state index contributed by atoms with van der Waals surface area (Å²) in [5, 5.41) is 8.60. The van der Waals surface area contributed by atoms with Gasteiger partial charge in [0.2, 0.25) is 0 Å². The first kappa shape index (κ1) is 9.48. The zero-order chi connectivity index (χ0) is 9.30. The van der Waals surface area contributed by atoms with E-state index in [0.29, 0.717) is 0 Å². The molecular weight excluding hydrogens is 250 g/mol. The van der Waals surface area contributed by atoms with Crippen LogP contribution in [0, 0.1) is 5.82 Å². The van der Waals surface area contributed by atoms with Crippen LogP contribution in [-0.2, 0) is 0 Å². The average Bonchev–Trinajstić information content (AvgIpc) is 1.97. The maximum atomic E-state index is 12.8. The van der Waals surface area contributed by atoms with Gasteiger partial charge in [-0.25, -0.2) is 9.18 Å². The van der Waals surface area contributed by atoms with Gasteiger partial charge in [-0.2, -0.15) is 0 Å². The van der Waals surface area contributed by atoms with E-state index in [-0.39, 0.29) is 15.1 Å². The minimum absolute atomic E-state index is 0.00998. The SMILES string of the molecule is O=C(O)c1c(Cl)ccc(F)c1Br. The van der Waals surface area contributed by atoms with Crippen LogP contribution < -0.4 is 0 Å². The predicted octanol–water partition coefficient (Wildman–Crippen LogP) is 2.94. The topological polar surface area (TPSA) is 37.3 Å². The molecule has 1 N–H and O–H groups in total. The van der Waals surface area contributed by atoms with E-state index in [4.69, 9.17) is 16.7 Å². The summed E-state index contributed by atoms with van der Waals surface area (Å²) in [6.07, 6.45) is 0.